The predicted molar refractivity (Wildman–Crippen MR) is 67.4 cm³/mol. The molecule has 0 spiro atoms. The lowest BCUT2D eigenvalue weighted by atomic mass is 10.1. The first-order valence-electron chi connectivity index (χ1n) is 5.63. The van der Waals surface area contributed by atoms with Crippen molar-refractivity contribution in [3.8, 4) is 11.4 Å². The summed E-state index contributed by atoms with van der Waals surface area (Å²) in [5.41, 5.74) is 1.02. The molecule has 0 aliphatic carbocycles. The highest BCUT2D eigenvalue weighted by Gasteiger charge is 2.23. The van der Waals surface area contributed by atoms with E-state index >= 15 is 0 Å². The number of halogens is 1. The van der Waals surface area contributed by atoms with Crippen LogP contribution in [-0.4, -0.2) is 19.9 Å². The Kier molecular flexibility index (Phi) is 2.72. The van der Waals surface area contributed by atoms with Crippen molar-refractivity contribution in [1.82, 2.24) is 14.8 Å². The van der Waals surface area contributed by atoms with Crippen molar-refractivity contribution in [2.75, 3.05) is 0 Å². The van der Waals surface area contributed by atoms with Crippen molar-refractivity contribution in [1.29, 1.82) is 0 Å². The maximum absolute atomic E-state index is 9.84. The molecule has 0 saturated carbocycles. The summed E-state index contributed by atoms with van der Waals surface area (Å²) < 4.78 is 3.03. The van der Waals surface area contributed by atoms with Gasteiger partial charge in [0, 0.05) is 16.6 Å². The Morgan fingerprint density at radius 3 is 3.06 bits per heavy atom. The monoisotopic (exact) mass is 293 g/mol. The first-order valence-corrected chi connectivity index (χ1v) is 6.42. The van der Waals surface area contributed by atoms with E-state index in [9.17, 15) is 5.11 Å². The van der Waals surface area contributed by atoms with Gasteiger partial charge in [0.2, 0.25) is 0 Å². The van der Waals surface area contributed by atoms with E-state index in [1.165, 1.54) is 0 Å². The molecule has 0 amide bonds. The van der Waals surface area contributed by atoms with Crippen molar-refractivity contribution >= 4 is 15.9 Å². The average molecular weight is 294 g/mol. The number of nitrogens with zero attached hydrogens (tertiary/aromatic N) is 3. The van der Waals surface area contributed by atoms with E-state index in [1.54, 1.807) is 0 Å². The molecule has 1 atom stereocenters. The standard InChI is InChI=1S/C12H12BrN3O/c13-9-4-1-3-8(7-9)11-14-15-12-10(17)5-2-6-16(11)12/h1,3-4,7,10,17H,2,5-6H2. The third-order valence-electron chi connectivity index (χ3n) is 3.02. The number of aliphatic hydroxyl groups is 1. The molecule has 3 rings (SSSR count). The lowest BCUT2D eigenvalue weighted by Gasteiger charge is -2.19. The van der Waals surface area contributed by atoms with Crippen LogP contribution in [0, 0.1) is 0 Å². The van der Waals surface area contributed by atoms with Crippen LogP contribution >= 0.6 is 15.9 Å². The molecule has 0 saturated heterocycles. The Bertz CT molecular complexity index is 552. The second-order valence-electron chi connectivity index (χ2n) is 4.20. The predicted octanol–water partition coefficient (Wildman–Crippen LogP) is 2.53. The van der Waals surface area contributed by atoms with E-state index in [4.69, 9.17) is 0 Å². The molecule has 1 N–H and O–H groups in total. The van der Waals surface area contributed by atoms with Crippen LogP contribution in [0.1, 0.15) is 24.8 Å². The van der Waals surface area contributed by atoms with Crippen molar-refractivity contribution in [3.63, 3.8) is 0 Å². The molecular formula is C12H12BrN3O. The summed E-state index contributed by atoms with van der Waals surface area (Å²) in [7, 11) is 0. The van der Waals surface area contributed by atoms with Gasteiger partial charge in [0.1, 0.15) is 6.10 Å². The van der Waals surface area contributed by atoms with Crippen LogP contribution in [0.3, 0.4) is 0 Å². The lowest BCUT2D eigenvalue weighted by Crippen LogP contribution is -2.16. The van der Waals surface area contributed by atoms with Crippen LogP contribution in [0.15, 0.2) is 28.7 Å². The third kappa shape index (κ3) is 1.89. The number of benzene rings is 1. The van der Waals surface area contributed by atoms with Gasteiger partial charge in [-0.2, -0.15) is 0 Å². The number of fused-ring (bicyclic) bond motifs is 1. The molecule has 0 bridgehead atoms. The molecule has 1 aliphatic rings. The first-order chi connectivity index (χ1) is 8.25. The number of aromatic nitrogens is 3. The quantitative estimate of drug-likeness (QED) is 0.879. The van der Waals surface area contributed by atoms with E-state index in [1.807, 2.05) is 28.8 Å². The normalized spacial score (nSPS) is 19.1. The summed E-state index contributed by atoms with van der Waals surface area (Å²) >= 11 is 3.45. The van der Waals surface area contributed by atoms with Gasteiger partial charge < -0.3 is 9.67 Å². The minimum absolute atomic E-state index is 0.475. The minimum Gasteiger partial charge on any atom is -0.385 e. The van der Waals surface area contributed by atoms with Crippen molar-refractivity contribution < 1.29 is 5.11 Å². The maximum atomic E-state index is 9.84. The average Bonchev–Trinajstić information content (AvgIpc) is 2.74. The topological polar surface area (TPSA) is 50.9 Å². The van der Waals surface area contributed by atoms with Gasteiger partial charge in [-0.15, -0.1) is 10.2 Å². The molecule has 5 heteroatoms. The lowest BCUT2D eigenvalue weighted by molar-refractivity contribution is 0.134. The molecule has 1 unspecified atom stereocenters. The number of aliphatic hydroxyl groups excluding tert-OH is 1. The highest BCUT2D eigenvalue weighted by atomic mass is 79.9. The van der Waals surface area contributed by atoms with Gasteiger partial charge in [-0.25, -0.2) is 0 Å². The second kappa shape index (κ2) is 4.23. The second-order valence-corrected chi connectivity index (χ2v) is 5.12. The summed E-state index contributed by atoms with van der Waals surface area (Å²) in [6, 6.07) is 7.97. The first kappa shape index (κ1) is 10.9. The van der Waals surface area contributed by atoms with Gasteiger partial charge in [-0.05, 0) is 25.0 Å². The van der Waals surface area contributed by atoms with Crippen LogP contribution < -0.4 is 0 Å². The van der Waals surface area contributed by atoms with Gasteiger partial charge in [0.25, 0.3) is 0 Å². The smallest absolute Gasteiger partial charge is 0.164 e. The van der Waals surface area contributed by atoms with Crippen LogP contribution in [0.4, 0.5) is 0 Å². The molecule has 17 heavy (non-hydrogen) atoms. The summed E-state index contributed by atoms with van der Waals surface area (Å²) in [5.74, 6) is 1.52. The Balaban J connectivity index is 2.10. The van der Waals surface area contributed by atoms with Crippen molar-refractivity contribution in [2.24, 2.45) is 0 Å². The molecular weight excluding hydrogens is 282 g/mol. The molecule has 2 heterocycles. The molecule has 1 aliphatic heterocycles. The van der Waals surface area contributed by atoms with E-state index in [0.29, 0.717) is 5.82 Å². The summed E-state index contributed by atoms with van der Waals surface area (Å²) in [4.78, 5) is 0. The summed E-state index contributed by atoms with van der Waals surface area (Å²) in [6.07, 6.45) is 1.27. The number of rotatable bonds is 1. The number of hydrogen-bond acceptors (Lipinski definition) is 3. The molecule has 1 aromatic heterocycles. The fraction of sp³-hybridized carbons (Fsp3) is 0.333. The third-order valence-corrected chi connectivity index (χ3v) is 3.51. The zero-order valence-electron chi connectivity index (χ0n) is 9.17. The Hall–Kier alpha value is -1.20. The SMILES string of the molecule is OC1CCCn2c(-c3cccc(Br)c3)nnc21. The van der Waals surface area contributed by atoms with E-state index in [0.717, 1.165) is 35.2 Å². The maximum Gasteiger partial charge on any atom is 0.164 e. The highest BCUT2D eigenvalue weighted by molar-refractivity contribution is 9.10. The van der Waals surface area contributed by atoms with Crippen LogP contribution in [0.5, 0.6) is 0 Å². The minimum atomic E-state index is -0.475. The molecule has 2 aromatic rings. The summed E-state index contributed by atoms with van der Waals surface area (Å²) in [6.45, 7) is 0.876. The molecule has 1 aromatic carbocycles. The fourth-order valence-electron chi connectivity index (χ4n) is 2.20. The van der Waals surface area contributed by atoms with E-state index in [2.05, 4.69) is 26.1 Å². The van der Waals surface area contributed by atoms with Crippen LogP contribution in [0.25, 0.3) is 11.4 Å². The van der Waals surface area contributed by atoms with E-state index in [-0.39, 0.29) is 0 Å². The van der Waals surface area contributed by atoms with Crippen LogP contribution in [0.2, 0.25) is 0 Å². The molecule has 0 radical (unpaired) electrons. The fourth-order valence-corrected chi connectivity index (χ4v) is 2.59. The van der Waals surface area contributed by atoms with Crippen molar-refractivity contribution in [3.05, 3.63) is 34.6 Å². The number of hydrogen-bond donors (Lipinski definition) is 1. The van der Waals surface area contributed by atoms with Gasteiger partial charge in [-0.1, -0.05) is 28.1 Å². The molecule has 88 valence electrons. The molecule has 4 nitrogen and oxygen atoms in total. The van der Waals surface area contributed by atoms with E-state index < -0.39 is 6.10 Å². The van der Waals surface area contributed by atoms with Crippen molar-refractivity contribution in [2.45, 2.75) is 25.5 Å². The highest BCUT2D eigenvalue weighted by Crippen LogP contribution is 2.29. The Labute approximate surface area is 107 Å². The van der Waals surface area contributed by atoms with Gasteiger partial charge >= 0.3 is 0 Å². The van der Waals surface area contributed by atoms with Crippen LogP contribution in [-0.2, 0) is 6.54 Å². The zero-order valence-corrected chi connectivity index (χ0v) is 10.8. The summed E-state index contributed by atoms with van der Waals surface area (Å²) in [5, 5.41) is 18.1. The van der Waals surface area contributed by atoms with Gasteiger partial charge in [-0.3, -0.25) is 0 Å². The molecule has 0 fully saturated rings. The Morgan fingerprint density at radius 1 is 1.35 bits per heavy atom. The van der Waals surface area contributed by atoms with Gasteiger partial charge in [0.15, 0.2) is 11.6 Å². The van der Waals surface area contributed by atoms with Gasteiger partial charge in [0.05, 0.1) is 0 Å². The zero-order chi connectivity index (χ0) is 11.8. The Morgan fingerprint density at radius 2 is 2.24 bits per heavy atom. The largest absolute Gasteiger partial charge is 0.385 e.